The molecule has 0 spiro atoms. The molecule has 142 valence electrons. The van der Waals surface area contributed by atoms with Gasteiger partial charge in [-0.2, -0.15) is 0 Å². The van der Waals surface area contributed by atoms with Crippen molar-refractivity contribution in [1.29, 1.82) is 0 Å². The molecule has 0 aromatic heterocycles. The van der Waals surface area contributed by atoms with Gasteiger partial charge in [-0.1, -0.05) is 24.3 Å². The Balaban J connectivity index is 1.91. The van der Waals surface area contributed by atoms with Crippen molar-refractivity contribution in [3.8, 4) is 5.75 Å². The molecule has 1 heterocycles. The van der Waals surface area contributed by atoms with E-state index in [-0.39, 0.29) is 23.5 Å². The van der Waals surface area contributed by atoms with Crippen LogP contribution in [0.4, 0.5) is 11.4 Å². The van der Waals surface area contributed by atoms with Gasteiger partial charge >= 0.3 is 0 Å². The lowest BCUT2D eigenvalue weighted by atomic mass is 10.2. The molecule has 3 rings (SSSR count). The van der Waals surface area contributed by atoms with E-state index in [2.05, 4.69) is 5.32 Å². The second-order valence-corrected chi connectivity index (χ2v) is 8.59. The molecule has 0 aliphatic carbocycles. The number of amides is 2. The van der Waals surface area contributed by atoms with E-state index >= 15 is 0 Å². The Kier molecular flexibility index (Phi) is 5.18. The number of hydrogen-bond donors (Lipinski definition) is 1. The second-order valence-electron chi connectivity index (χ2n) is 6.26. The summed E-state index contributed by atoms with van der Waals surface area (Å²) in [4.78, 5) is 26.5. The second kappa shape index (κ2) is 7.40. The number of nitrogens with zero attached hydrogens (tertiary/aromatic N) is 1. The van der Waals surface area contributed by atoms with Crippen LogP contribution in [-0.2, 0) is 19.4 Å². The molecule has 0 fully saturated rings. The van der Waals surface area contributed by atoms with Gasteiger partial charge in [0.25, 0.3) is 0 Å². The van der Waals surface area contributed by atoms with Crippen molar-refractivity contribution in [3.63, 3.8) is 0 Å². The number of carbonyl (C=O) groups is 2. The van der Waals surface area contributed by atoms with E-state index in [0.717, 1.165) is 0 Å². The van der Waals surface area contributed by atoms with Gasteiger partial charge in [-0.05, 0) is 31.2 Å². The van der Waals surface area contributed by atoms with Crippen LogP contribution >= 0.6 is 0 Å². The van der Waals surface area contributed by atoms with Gasteiger partial charge in [0, 0.05) is 6.42 Å². The molecule has 2 amide bonds. The summed E-state index contributed by atoms with van der Waals surface area (Å²) < 4.78 is 30.6. The topological polar surface area (TPSA) is 92.8 Å². The fourth-order valence-corrected chi connectivity index (χ4v) is 4.53. The quantitative estimate of drug-likeness (QED) is 0.867. The number of anilines is 2. The third-order valence-corrected chi connectivity index (χ3v) is 6.62. The standard InChI is InChI=1S/C19H20N2O5S/c1-13-11-19(23)21(15-8-4-6-10-17(15)27(13,24)25)12-18(22)20-14-7-3-5-9-16(14)26-2/h3-10,13H,11-12H2,1-2H3,(H,20,22)/t13-/m0/s1. The van der Waals surface area contributed by atoms with Crippen LogP contribution in [0.3, 0.4) is 0 Å². The minimum absolute atomic E-state index is 0.0634. The van der Waals surface area contributed by atoms with Crippen molar-refractivity contribution in [2.24, 2.45) is 0 Å². The Labute approximate surface area is 157 Å². The number of sulfone groups is 1. The van der Waals surface area contributed by atoms with Crippen molar-refractivity contribution in [2.75, 3.05) is 23.9 Å². The molecule has 0 bridgehead atoms. The summed E-state index contributed by atoms with van der Waals surface area (Å²) in [6, 6.07) is 13.2. The lowest BCUT2D eigenvalue weighted by Crippen LogP contribution is -2.38. The number of hydrogen-bond acceptors (Lipinski definition) is 5. The molecular formula is C19H20N2O5S. The summed E-state index contributed by atoms with van der Waals surface area (Å²) in [6.07, 6.45) is -0.182. The van der Waals surface area contributed by atoms with Crippen molar-refractivity contribution >= 4 is 33.0 Å². The van der Waals surface area contributed by atoms with Crippen LogP contribution in [0, 0.1) is 0 Å². The average Bonchev–Trinajstić information content (AvgIpc) is 2.72. The average molecular weight is 388 g/mol. The monoisotopic (exact) mass is 388 g/mol. The van der Waals surface area contributed by atoms with Gasteiger partial charge in [0.2, 0.25) is 11.8 Å². The summed E-state index contributed by atoms with van der Waals surface area (Å²) in [5.74, 6) is -0.370. The van der Waals surface area contributed by atoms with E-state index in [1.807, 2.05) is 0 Å². The SMILES string of the molecule is COc1ccccc1NC(=O)CN1C(=O)C[C@H](C)S(=O)(=O)c2ccccc21. The van der Waals surface area contributed by atoms with Crippen LogP contribution in [0.2, 0.25) is 0 Å². The van der Waals surface area contributed by atoms with Crippen molar-refractivity contribution in [2.45, 2.75) is 23.5 Å². The third-order valence-electron chi connectivity index (χ3n) is 4.44. The van der Waals surface area contributed by atoms with Crippen LogP contribution in [0.25, 0.3) is 0 Å². The molecule has 1 atom stereocenters. The van der Waals surface area contributed by atoms with Gasteiger partial charge in [-0.25, -0.2) is 8.42 Å². The molecule has 2 aromatic rings. The summed E-state index contributed by atoms with van der Waals surface area (Å²) in [5.41, 5.74) is 0.698. The molecule has 2 aromatic carbocycles. The van der Waals surface area contributed by atoms with Crippen LogP contribution in [-0.4, -0.2) is 39.1 Å². The molecule has 0 radical (unpaired) electrons. The normalized spacial score (nSPS) is 18.4. The number of ether oxygens (including phenoxy) is 1. The first-order chi connectivity index (χ1) is 12.8. The van der Waals surface area contributed by atoms with Gasteiger partial charge in [0.1, 0.15) is 12.3 Å². The van der Waals surface area contributed by atoms with Gasteiger partial charge in [0.15, 0.2) is 9.84 Å². The van der Waals surface area contributed by atoms with Crippen molar-refractivity contribution in [1.82, 2.24) is 0 Å². The maximum Gasteiger partial charge on any atom is 0.244 e. The molecular weight excluding hydrogens is 368 g/mol. The Bertz CT molecular complexity index is 987. The van der Waals surface area contributed by atoms with Gasteiger partial charge in [-0.15, -0.1) is 0 Å². The summed E-state index contributed by atoms with van der Waals surface area (Å²) in [5, 5.41) is 1.85. The van der Waals surface area contributed by atoms with Crippen LogP contribution in [0.5, 0.6) is 5.75 Å². The summed E-state index contributed by atoms with van der Waals surface area (Å²) >= 11 is 0. The Morgan fingerprint density at radius 3 is 2.59 bits per heavy atom. The van der Waals surface area contributed by atoms with E-state index in [1.54, 1.807) is 42.5 Å². The number of rotatable bonds is 4. The summed E-state index contributed by atoms with van der Waals surface area (Å²) in [6.45, 7) is 1.21. The molecule has 0 unspecified atom stereocenters. The lowest BCUT2D eigenvalue weighted by molar-refractivity contribution is -0.121. The first kappa shape index (κ1) is 18.9. The van der Waals surface area contributed by atoms with Gasteiger partial charge in [0.05, 0.1) is 28.6 Å². The highest BCUT2D eigenvalue weighted by Crippen LogP contribution is 2.33. The van der Waals surface area contributed by atoms with Crippen LogP contribution in [0.15, 0.2) is 53.4 Å². The molecule has 1 aliphatic rings. The first-order valence-corrected chi connectivity index (χ1v) is 9.95. The van der Waals surface area contributed by atoms with Crippen molar-refractivity contribution in [3.05, 3.63) is 48.5 Å². The Morgan fingerprint density at radius 2 is 1.85 bits per heavy atom. The van der Waals surface area contributed by atoms with Gasteiger partial charge < -0.3 is 15.0 Å². The smallest absolute Gasteiger partial charge is 0.244 e. The van der Waals surface area contributed by atoms with E-state index < -0.39 is 26.9 Å². The number of carbonyl (C=O) groups excluding carboxylic acids is 2. The zero-order valence-corrected chi connectivity index (χ0v) is 15.8. The minimum Gasteiger partial charge on any atom is -0.495 e. The highest BCUT2D eigenvalue weighted by atomic mass is 32.2. The number of nitrogens with one attached hydrogen (secondary N) is 1. The maximum atomic E-state index is 12.7. The highest BCUT2D eigenvalue weighted by molar-refractivity contribution is 7.92. The molecule has 0 saturated heterocycles. The number of methoxy groups -OCH3 is 1. The zero-order chi connectivity index (χ0) is 19.6. The van der Waals surface area contributed by atoms with E-state index in [0.29, 0.717) is 11.4 Å². The lowest BCUT2D eigenvalue weighted by Gasteiger charge is -2.22. The largest absolute Gasteiger partial charge is 0.495 e. The molecule has 1 N–H and O–H groups in total. The fourth-order valence-electron chi connectivity index (χ4n) is 2.99. The van der Waals surface area contributed by atoms with E-state index in [4.69, 9.17) is 4.74 Å². The minimum atomic E-state index is -3.64. The molecule has 27 heavy (non-hydrogen) atoms. The predicted molar refractivity (Wildman–Crippen MR) is 102 cm³/mol. The highest BCUT2D eigenvalue weighted by Gasteiger charge is 2.36. The van der Waals surface area contributed by atoms with Crippen LogP contribution < -0.4 is 15.0 Å². The Hall–Kier alpha value is -2.87. The fraction of sp³-hybridized carbons (Fsp3) is 0.263. The van der Waals surface area contributed by atoms with E-state index in [1.165, 1.54) is 25.0 Å². The number of benzene rings is 2. The van der Waals surface area contributed by atoms with Gasteiger partial charge in [-0.3, -0.25) is 9.59 Å². The molecule has 0 saturated carbocycles. The van der Waals surface area contributed by atoms with Crippen LogP contribution in [0.1, 0.15) is 13.3 Å². The van der Waals surface area contributed by atoms with E-state index in [9.17, 15) is 18.0 Å². The third kappa shape index (κ3) is 3.66. The number of fused-ring (bicyclic) bond motifs is 1. The first-order valence-electron chi connectivity index (χ1n) is 8.40. The molecule has 1 aliphatic heterocycles. The predicted octanol–water partition coefficient (Wildman–Crippen LogP) is 2.23. The Morgan fingerprint density at radius 1 is 1.19 bits per heavy atom. The molecule has 7 nitrogen and oxygen atoms in total. The van der Waals surface area contributed by atoms with Crippen molar-refractivity contribution < 1.29 is 22.7 Å². The zero-order valence-electron chi connectivity index (χ0n) is 15.0. The molecule has 8 heteroatoms. The maximum absolute atomic E-state index is 12.7. The summed E-state index contributed by atoms with van der Waals surface area (Å²) in [7, 11) is -2.15. The number of para-hydroxylation sites is 3.